The summed E-state index contributed by atoms with van der Waals surface area (Å²) in [5.41, 5.74) is 2.18. The molecule has 1 aliphatic heterocycles. The molecule has 0 bridgehead atoms. The molecular formula is C9H11FN2. The molecule has 0 amide bonds. The van der Waals surface area contributed by atoms with Crippen LogP contribution in [-0.2, 0) is 6.54 Å². The van der Waals surface area contributed by atoms with Crippen molar-refractivity contribution in [1.29, 1.82) is 0 Å². The van der Waals surface area contributed by atoms with Gasteiger partial charge in [-0.05, 0) is 11.6 Å². The molecule has 0 radical (unpaired) electrons. The highest BCUT2D eigenvalue weighted by Crippen LogP contribution is 2.25. The van der Waals surface area contributed by atoms with Crippen LogP contribution in [0.15, 0.2) is 24.3 Å². The second-order valence-corrected chi connectivity index (χ2v) is 3.09. The summed E-state index contributed by atoms with van der Waals surface area (Å²) < 4.78 is 12.9. The number of fused-ring (bicyclic) bond motifs is 1. The fourth-order valence-corrected chi connectivity index (χ4v) is 1.56. The summed E-state index contributed by atoms with van der Waals surface area (Å²) in [5.74, 6) is 0. The first kappa shape index (κ1) is 7.55. The summed E-state index contributed by atoms with van der Waals surface area (Å²) in [7, 11) is 1.89. The van der Waals surface area contributed by atoms with E-state index in [-0.39, 0.29) is 0 Å². The molecule has 1 aliphatic rings. The third-order valence-electron chi connectivity index (χ3n) is 2.11. The van der Waals surface area contributed by atoms with E-state index < -0.39 is 0 Å². The van der Waals surface area contributed by atoms with Crippen molar-refractivity contribution >= 4 is 5.69 Å². The Morgan fingerprint density at radius 3 is 2.92 bits per heavy atom. The van der Waals surface area contributed by atoms with E-state index in [1.165, 1.54) is 0 Å². The van der Waals surface area contributed by atoms with Gasteiger partial charge in [-0.3, -0.25) is 0 Å². The van der Waals surface area contributed by atoms with Crippen LogP contribution in [-0.4, -0.2) is 18.8 Å². The number of anilines is 1. The zero-order valence-corrected chi connectivity index (χ0v) is 7.00. The summed E-state index contributed by atoms with van der Waals surface area (Å²) in [6.07, 6.45) is 0. The maximum atomic E-state index is 12.9. The number of hydrogen-bond acceptors (Lipinski definition) is 2. The fraction of sp³-hybridized carbons (Fsp3) is 0.333. The topological polar surface area (TPSA) is 6.48 Å². The molecule has 2 nitrogen and oxygen atoms in total. The molecule has 0 N–H and O–H groups in total. The Labute approximate surface area is 71.1 Å². The highest BCUT2D eigenvalue weighted by molar-refractivity contribution is 5.54. The van der Waals surface area contributed by atoms with Crippen molar-refractivity contribution in [3.63, 3.8) is 0 Å². The molecule has 2 rings (SSSR count). The summed E-state index contributed by atoms with van der Waals surface area (Å²) in [6, 6.07) is 7.88. The van der Waals surface area contributed by atoms with Gasteiger partial charge in [-0.15, -0.1) is 9.60 Å². The lowest BCUT2D eigenvalue weighted by molar-refractivity contribution is 0.0121. The molecule has 1 aromatic rings. The van der Waals surface area contributed by atoms with E-state index in [1.807, 2.05) is 36.2 Å². The van der Waals surface area contributed by atoms with Gasteiger partial charge in [-0.25, -0.2) is 0 Å². The van der Waals surface area contributed by atoms with Gasteiger partial charge >= 0.3 is 0 Å². The van der Waals surface area contributed by atoms with Gasteiger partial charge < -0.3 is 4.90 Å². The van der Waals surface area contributed by atoms with Gasteiger partial charge in [0.2, 0.25) is 0 Å². The van der Waals surface area contributed by atoms with Crippen molar-refractivity contribution in [3.8, 4) is 0 Å². The van der Waals surface area contributed by atoms with Gasteiger partial charge in [-0.2, -0.15) is 0 Å². The van der Waals surface area contributed by atoms with Crippen molar-refractivity contribution in [1.82, 2.24) is 5.12 Å². The van der Waals surface area contributed by atoms with Crippen LogP contribution in [0, 0.1) is 0 Å². The second-order valence-electron chi connectivity index (χ2n) is 3.09. The number of hydrogen-bond donors (Lipinski definition) is 0. The smallest absolute Gasteiger partial charge is 0.0997 e. The Hall–Kier alpha value is -1.09. The first-order chi connectivity index (χ1) is 5.77. The second kappa shape index (κ2) is 2.75. The summed E-state index contributed by atoms with van der Waals surface area (Å²) >= 11 is 0. The Kier molecular flexibility index (Phi) is 1.73. The lowest BCUT2D eigenvalue weighted by Gasteiger charge is -2.30. The number of halogens is 1. The van der Waals surface area contributed by atoms with E-state index in [9.17, 15) is 4.48 Å². The van der Waals surface area contributed by atoms with Gasteiger partial charge in [0.15, 0.2) is 0 Å². The monoisotopic (exact) mass is 166 g/mol. The van der Waals surface area contributed by atoms with Crippen LogP contribution in [0.1, 0.15) is 5.56 Å². The van der Waals surface area contributed by atoms with E-state index in [1.54, 1.807) is 0 Å². The zero-order valence-electron chi connectivity index (χ0n) is 7.00. The van der Waals surface area contributed by atoms with Crippen molar-refractivity contribution in [2.45, 2.75) is 6.54 Å². The minimum Gasteiger partial charge on any atom is -0.359 e. The number of rotatable bonds is 0. The Morgan fingerprint density at radius 2 is 2.08 bits per heavy atom. The minimum absolute atomic E-state index is 0.358. The van der Waals surface area contributed by atoms with E-state index in [0.29, 0.717) is 13.2 Å². The molecule has 0 fully saturated rings. The molecule has 0 atom stereocenters. The predicted octanol–water partition coefficient (Wildman–Crippen LogP) is 1.78. The molecule has 0 spiro atoms. The highest BCUT2D eigenvalue weighted by Gasteiger charge is 2.18. The minimum atomic E-state index is 0.358. The van der Waals surface area contributed by atoms with Crippen molar-refractivity contribution in [2.24, 2.45) is 0 Å². The average molecular weight is 166 g/mol. The Balaban J connectivity index is 2.40. The molecule has 0 unspecified atom stereocenters. The van der Waals surface area contributed by atoms with Gasteiger partial charge in [0.1, 0.15) is 0 Å². The van der Waals surface area contributed by atoms with Gasteiger partial charge in [0.25, 0.3) is 0 Å². The van der Waals surface area contributed by atoms with Crippen molar-refractivity contribution in [2.75, 3.05) is 18.6 Å². The maximum Gasteiger partial charge on any atom is 0.0997 e. The first-order valence-corrected chi connectivity index (χ1v) is 3.97. The Morgan fingerprint density at radius 1 is 1.33 bits per heavy atom. The van der Waals surface area contributed by atoms with Crippen LogP contribution in [0.2, 0.25) is 0 Å². The van der Waals surface area contributed by atoms with E-state index in [0.717, 1.165) is 16.4 Å². The molecule has 0 aliphatic carbocycles. The Bertz CT molecular complexity index is 288. The fourth-order valence-electron chi connectivity index (χ4n) is 1.56. The standard InChI is InChI=1S/C9H11FN2/c1-11-7-12(10)6-8-4-2-3-5-9(8)11/h2-5H,6-7H2,1H3. The van der Waals surface area contributed by atoms with E-state index in [2.05, 4.69) is 0 Å². The molecular weight excluding hydrogens is 155 g/mol. The van der Waals surface area contributed by atoms with Crippen molar-refractivity contribution in [3.05, 3.63) is 29.8 Å². The van der Waals surface area contributed by atoms with E-state index >= 15 is 0 Å². The highest BCUT2D eigenvalue weighted by atomic mass is 19.2. The van der Waals surface area contributed by atoms with E-state index in [4.69, 9.17) is 0 Å². The third kappa shape index (κ3) is 1.16. The van der Waals surface area contributed by atoms with Crippen LogP contribution in [0.3, 0.4) is 0 Å². The molecule has 0 saturated heterocycles. The van der Waals surface area contributed by atoms with Crippen LogP contribution >= 0.6 is 0 Å². The molecule has 1 heterocycles. The van der Waals surface area contributed by atoms with Gasteiger partial charge in [-0.1, -0.05) is 18.2 Å². The predicted molar refractivity (Wildman–Crippen MR) is 46.4 cm³/mol. The van der Waals surface area contributed by atoms with Crippen LogP contribution < -0.4 is 4.90 Å². The number of benzene rings is 1. The van der Waals surface area contributed by atoms with Gasteiger partial charge in [0, 0.05) is 12.7 Å². The largest absolute Gasteiger partial charge is 0.359 e. The van der Waals surface area contributed by atoms with Crippen molar-refractivity contribution < 1.29 is 4.48 Å². The molecule has 1 aromatic carbocycles. The first-order valence-electron chi connectivity index (χ1n) is 3.97. The number of para-hydroxylation sites is 1. The van der Waals surface area contributed by atoms with Crippen LogP contribution in [0.5, 0.6) is 0 Å². The molecule has 0 aromatic heterocycles. The lowest BCUT2D eigenvalue weighted by atomic mass is 10.1. The SMILES string of the molecule is CN1CN(F)Cc2ccccc21. The quantitative estimate of drug-likeness (QED) is 0.542. The average Bonchev–Trinajstić information content (AvgIpc) is 2.04. The van der Waals surface area contributed by atoms with Crippen LogP contribution in [0.25, 0.3) is 0 Å². The molecule has 0 saturated carbocycles. The molecule has 64 valence electrons. The molecule has 3 heteroatoms. The van der Waals surface area contributed by atoms with Gasteiger partial charge in [0.05, 0.1) is 13.2 Å². The normalized spacial score (nSPS) is 17.7. The maximum absolute atomic E-state index is 12.9. The summed E-state index contributed by atoms with van der Waals surface area (Å²) in [4.78, 5) is 1.90. The third-order valence-corrected chi connectivity index (χ3v) is 2.11. The number of nitrogens with zero attached hydrogens (tertiary/aromatic N) is 2. The summed E-state index contributed by atoms with van der Waals surface area (Å²) in [6.45, 7) is 0.761. The molecule has 12 heavy (non-hydrogen) atoms. The van der Waals surface area contributed by atoms with Crippen LogP contribution in [0.4, 0.5) is 10.2 Å². The zero-order chi connectivity index (χ0) is 8.55. The summed E-state index contributed by atoms with van der Waals surface area (Å²) in [5, 5.41) is 0.808. The lowest BCUT2D eigenvalue weighted by Crippen LogP contribution is -2.35.